The molecular weight excluding hydrogens is 456 g/mol. The van der Waals surface area contributed by atoms with E-state index in [1.807, 2.05) is 19.1 Å². The highest BCUT2D eigenvalue weighted by Crippen LogP contribution is 2.43. The number of carbonyl (C=O) groups excluding carboxylic acids is 1. The van der Waals surface area contributed by atoms with Crippen molar-refractivity contribution in [2.24, 2.45) is 0 Å². The Morgan fingerprint density at radius 2 is 2.09 bits per heavy atom. The van der Waals surface area contributed by atoms with E-state index in [1.54, 1.807) is 23.1 Å². The number of benzene rings is 2. The van der Waals surface area contributed by atoms with Crippen LogP contribution in [0.5, 0.6) is 5.75 Å². The summed E-state index contributed by atoms with van der Waals surface area (Å²) in [6.45, 7) is 4.74. The number of piperidine rings is 1. The van der Waals surface area contributed by atoms with Crippen LogP contribution in [-0.2, 0) is 26.4 Å². The molecule has 0 saturated carbocycles. The molecule has 0 N–H and O–H groups in total. The van der Waals surface area contributed by atoms with Crippen molar-refractivity contribution in [1.29, 1.82) is 0 Å². The van der Waals surface area contributed by atoms with Gasteiger partial charge in [0.15, 0.2) is 0 Å². The predicted molar refractivity (Wildman–Crippen MR) is 127 cm³/mol. The van der Waals surface area contributed by atoms with Gasteiger partial charge in [-0.2, -0.15) is 0 Å². The van der Waals surface area contributed by atoms with Gasteiger partial charge in [0.05, 0.1) is 26.9 Å². The minimum absolute atomic E-state index is 0.0510. The number of nitrogens with zero attached hydrogens (tertiary/aromatic N) is 1. The second-order valence-corrected chi connectivity index (χ2v) is 9.22. The van der Waals surface area contributed by atoms with Gasteiger partial charge in [-0.25, -0.2) is 8.78 Å². The summed E-state index contributed by atoms with van der Waals surface area (Å²) in [4.78, 5) is 15.1. The molecule has 0 radical (unpaired) electrons. The molecule has 8 heteroatoms. The van der Waals surface area contributed by atoms with Crippen molar-refractivity contribution < 1.29 is 32.5 Å². The number of rotatable bonds is 9. The molecule has 4 rings (SSSR count). The van der Waals surface area contributed by atoms with Crippen molar-refractivity contribution in [1.82, 2.24) is 4.90 Å². The highest BCUT2D eigenvalue weighted by molar-refractivity contribution is 5.95. The normalized spacial score (nSPS) is 22.2. The van der Waals surface area contributed by atoms with Gasteiger partial charge < -0.3 is 23.8 Å². The Hall–Kier alpha value is -2.55. The second kappa shape index (κ2) is 10.6. The number of methoxy groups -OCH3 is 1. The van der Waals surface area contributed by atoms with Crippen LogP contribution in [0.15, 0.2) is 42.5 Å². The number of amides is 1. The Morgan fingerprint density at radius 3 is 2.83 bits per heavy atom. The van der Waals surface area contributed by atoms with E-state index in [0.29, 0.717) is 36.4 Å². The number of ether oxygens (including phenoxy) is 4. The molecule has 2 fully saturated rings. The van der Waals surface area contributed by atoms with Gasteiger partial charge in [-0.3, -0.25) is 4.79 Å². The van der Waals surface area contributed by atoms with E-state index < -0.39 is 11.5 Å². The molecule has 1 unspecified atom stereocenters. The zero-order chi connectivity index (χ0) is 25.1. The molecule has 2 aromatic carbocycles. The lowest BCUT2D eigenvalue weighted by Gasteiger charge is -2.42. The monoisotopic (exact) mass is 489 g/mol. The molecular formula is C27H33F2NO5. The molecule has 1 amide bonds. The Labute approximate surface area is 205 Å². The van der Waals surface area contributed by atoms with Gasteiger partial charge in [-0.05, 0) is 24.6 Å². The number of aryl methyl sites for hydroxylation is 1. The van der Waals surface area contributed by atoms with Crippen LogP contribution in [0.1, 0.15) is 53.2 Å². The van der Waals surface area contributed by atoms with Crippen LogP contribution in [0.3, 0.4) is 0 Å². The first-order chi connectivity index (χ1) is 16.8. The van der Waals surface area contributed by atoms with Gasteiger partial charge in [0.25, 0.3) is 5.91 Å². The third-order valence-electron chi connectivity index (χ3n) is 6.96. The van der Waals surface area contributed by atoms with Crippen LogP contribution in [0.25, 0.3) is 0 Å². The van der Waals surface area contributed by atoms with Crippen LogP contribution >= 0.6 is 0 Å². The minimum Gasteiger partial charge on any atom is -0.496 e. The number of hydrogen-bond acceptors (Lipinski definition) is 5. The van der Waals surface area contributed by atoms with Crippen molar-refractivity contribution in [2.45, 2.75) is 57.3 Å². The van der Waals surface area contributed by atoms with Crippen LogP contribution in [0, 0.1) is 6.92 Å². The zero-order valence-electron chi connectivity index (χ0n) is 20.5. The van der Waals surface area contributed by atoms with Crippen LogP contribution in [-0.4, -0.2) is 56.4 Å². The summed E-state index contributed by atoms with van der Waals surface area (Å²) in [7, 11) is 1.51. The SMILES string of the molecule is CCC(F)(F)CCOCc1ccc(C(=O)N2CC[C@]3(c4cccc(C)c4)OCOC3C2)cc1OC. The second-order valence-electron chi connectivity index (χ2n) is 9.22. The molecule has 0 aliphatic carbocycles. The Kier molecular flexibility index (Phi) is 7.73. The zero-order valence-corrected chi connectivity index (χ0v) is 20.5. The topological polar surface area (TPSA) is 57.2 Å². The number of alkyl halides is 2. The van der Waals surface area contributed by atoms with Crippen LogP contribution < -0.4 is 4.74 Å². The van der Waals surface area contributed by atoms with E-state index in [-0.39, 0.29) is 44.9 Å². The summed E-state index contributed by atoms with van der Waals surface area (Å²) in [6, 6.07) is 13.4. The number of carbonyl (C=O) groups is 1. The summed E-state index contributed by atoms with van der Waals surface area (Å²) in [6.07, 6.45) is -0.151. The molecule has 35 heavy (non-hydrogen) atoms. The van der Waals surface area contributed by atoms with E-state index in [1.165, 1.54) is 14.0 Å². The minimum atomic E-state index is -2.72. The molecule has 0 bridgehead atoms. The number of halogens is 2. The lowest BCUT2D eigenvalue weighted by molar-refractivity contribution is -0.0440. The molecule has 0 aromatic heterocycles. The average molecular weight is 490 g/mol. The van der Waals surface area contributed by atoms with Crippen LogP contribution in [0.2, 0.25) is 0 Å². The van der Waals surface area contributed by atoms with Crippen molar-refractivity contribution in [3.63, 3.8) is 0 Å². The fourth-order valence-electron chi connectivity index (χ4n) is 4.74. The molecule has 6 nitrogen and oxygen atoms in total. The Morgan fingerprint density at radius 1 is 1.26 bits per heavy atom. The quantitative estimate of drug-likeness (QED) is 0.461. The van der Waals surface area contributed by atoms with E-state index in [9.17, 15) is 13.6 Å². The Balaban J connectivity index is 1.41. The number of likely N-dealkylation sites (tertiary alicyclic amines) is 1. The van der Waals surface area contributed by atoms with E-state index in [0.717, 1.165) is 11.1 Å². The Bertz CT molecular complexity index is 1050. The van der Waals surface area contributed by atoms with Gasteiger partial charge >= 0.3 is 0 Å². The van der Waals surface area contributed by atoms with Crippen LogP contribution in [0.4, 0.5) is 8.78 Å². The smallest absolute Gasteiger partial charge is 0.254 e. The molecule has 190 valence electrons. The predicted octanol–water partition coefficient (Wildman–Crippen LogP) is 5.07. The molecule has 2 atom stereocenters. The number of hydrogen-bond donors (Lipinski definition) is 0. The van der Waals surface area contributed by atoms with E-state index in [4.69, 9.17) is 18.9 Å². The van der Waals surface area contributed by atoms with Crippen molar-refractivity contribution in [3.8, 4) is 5.75 Å². The third-order valence-corrected chi connectivity index (χ3v) is 6.96. The summed E-state index contributed by atoms with van der Waals surface area (Å²) in [5.74, 6) is -2.35. The van der Waals surface area contributed by atoms with Gasteiger partial charge in [0.2, 0.25) is 5.92 Å². The van der Waals surface area contributed by atoms with Gasteiger partial charge in [0.1, 0.15) is 24.2 Å². The van der Waals surface area contributed by atoms with Gasteiger partial charge in [-0.1, -0.05) is 42.8 Å². The summed E-state index contributed by atoms with van der Waals surface area (Å²) in [5.41, 5.74) is 2.88. The van der Waals surface area contributed by atoms with Gasteiger partial charge in [-0.15, -0.1) is 0 Å². The van der Waals surface area contributed by atoms with Crippen molar-refractivity contribution in [2.75, 3.05) is 33.6 Å². The lowest BCUT2D eigenvalue weighted by atomic mass is 9.81. The molecule has 2 aliphatic rings. The third kappa shape index (κ3) is 5.50. The first kappa shape index (κ1) is 25.5. The standard InChI is InChI=1S/C27H33F2NO5/c1-4-26(28,29)11-13-33-17-21-9-8-20(15-23(21)32-3)25(31)30-12-10-27(24(16-30)34-18-35-27)22-7-5-6-19(2)14-22/h5-9,14-15,24H,4,10-13,16-18H2,1-3H3/t24?,27-/m1/s1. The highest BCUT2D eigenvalue weighted by atomic mass is 19.3. The fraction of sp³-hybridized carbons (Fsp3) is 0.519. The lowest BCUT2D eigenvalue weighted by Crippen LogP contribution is -2.53. The molecule has 2 aliphatic heterocycles. The molecule has 2 saturated heterocycles. The molecule has 0 spiro atoms. The highest BCUT2D eigenvalue weighted by Gasteiger charge is 2.51. The maximum atomic E-state index is 13.4. The maximum absolute atomic E-state index is 13.4. The number of fused-ring (bicyclic) bond motifs is 1. The van der Waals surface area contributed by atoms with E-state index in [2.05, 4.69) is 12.1 Å². The van der Waals surface area contributed by atoms with Gasteiger partial charge in [0, 0.05) is 36.9 Å². The first-order valence-corrected chi connectivity index (χ1v) is 12.0. The largest absolute Gasteiger partial charge is 0.496 e. The van der Waals surface area contributed by atoms with Crippen molar-refractivity contribution >= 4 is 5.91 Å². The van der Waals surface area contributed by atoms with E-state index >= 15 is 0 Å². The molecule has 2 aromatic rings. The van der Waals surface area contributed by atoms with Crippen molar-refractivity contribution in [3.05, 3.63) is 64.7 Å². The fourth-order valence-corrected chi connectivity index (χ4v) is 4.74. The summed E-state index contributed by atoms with van der Waals surface area (Å²) in [5, 5.41) is 0. The summed E-state index contributed by atoms with van der Waals surface area (Å²) < 4.78 is 49.7. The summed E-state index contributed by atoms with van der Waals surface area (Å²) >= 11 is 0. The average Bonchev–Trinajstić information content (AvgIpc) is 3.30. The molecule has 2 heterocycles. The maximum Gasteiger partial charge on any atom is 0.254 e. The first-order valence-electron chi connectivity index (χ1n) is 12.0.